The van der Waals surface area contributed by atoms with Gasteiger partial charge in [-0.1, -0.05) is 19.8 Å². The minimum atomic E-state index is 0.253. The van der Waals surface area contributed by atoms with E-state index in [1.165, 1.54) is 19.3 Å². The van der Waals surface area contributed by atoms with Gasteiger partial charge in [-0.3, -0.25) is 0 Å². The average Bonchev–Trinajstić information content (AvgIpc) is 2.55. The van der Waals surface area contributed by atoms with Gasteiger partial charge in [-0.05, 0) is 39.1 Å². The first-order valence-electron chi connectivity index (χ1n) is 9.17. The Hall–Kier alpha value is -1.46. The van der Waals surface area contributed by atoms with Crippen LogP contribution in [-0.2, 0) is 4.74 Å². The molecule has 0 spiro atoms. The molecule has 0 bridgehead atoms. The molecule has 0 aromatic heterocycles. The number of unbranched alkanes of at least 4 members (excludes halogenated alkanes) is 2. The van der Waals surface area contributed by atoms with Crippen molar-refractivity contribution in [2.45, 2.75) is 39.2 Å². The molecule has 1 aromatic carbocycles. The number of nitrogen functional groups attached to an aromatic ring is 1. The Labute approximate surface area is 146 Å². The lowest BCUT2D eigenvalue weighted by Gasteiger charge is -2.31. The Kier molecular flexibility index (Phi) is 7.66. The number of fused-ring (bicyclic) bond motifs is 1. The van der Waals surface area contributed by atoms with Crippen LogP contribution in [0.3, 0.4) is 0 Å². The molecule has 1 atom stereocenters. The predicted molar refractivity (Wildman–Crippen MR) is 101 cm³/mol. The van der Waals surface area contributed by atoms with E-state index in [9.17, 15) is 0 Å². The Morgan fingerprint density at radius 2 is 2.21 bits per heavy atom. The Bertz CT molecular complexity index is 496. The van der Waals surface area contributed by atoms with Gasteiger partial charge in [0.25, 0.3) is 0 Å². The van der Waals surface area contributed by atoms with Gasteiger partial charge in [0.2, 0.25) is 0 Å². The molecule has 0 fully saturated rings. The summed E-state index contributed by atoms with van der Waals surface area (Å²) in [6, 6.07) is 5.86. The number of likely N-dealkylation sites (N-methyl/N-ethyl adjacent to an activating group) is 1. The summed E-state index contributed by atoms with van der Waals surface area (Å²) in [5.41, 5.74) is 7.69. The van der Waals surface area contributed by atoms with Crippen molar-refractivity contribution in [1.29, 1.82) is 0 Å². The first-order chi connectivity index (χ1) is 11.6. The highest BCUT2D eigenvalue weighted by Crippen LogP contribution is 2.32. The Morgan fingerprint density at radius 1 is 1.38 bits per heavy atom. The maximum atomic E-state index is 6.01. The monoisotopic (exact) mass is 335 g/mol. The van der Waals surface area contributed by atoms with Gasteiger partial charge in [0.05, 0.1) is 24.9 Å². The molecule has 2 N–H and O–H groups in total. The lowest BCUT2D eigenvalue weighted by atomic mass is 10.2. The third-order valence-electron chi connectivity index (χ3n) is 4.42. The molecule has 0 saturated carbocycles. The number of benzene rings is 1. The van der Waals surface area contributed by atoms with Crippen molar-refractivity contribution in [2.75, 3.05) is 57.1 Å². The fourth-order valence-electron chi connectivity index (χ4n) is 3.10. The highest BCUT2D eigenvalue weighted by atomic mass is 16.5. The van der Waals surface area contributed by atoms with Crippen LogP contribution in [0.4, 0.5) is 11.4 Å². The van der Waals surface area contributed by atoms with Gasteiger partial charge in [-0.2, -0.15) is 0 Å². The minimum Gasteiger partial charge on any atom is -0.489 e. The Balaban J connectivity index is 1.71. The zero-order valence-electron chi connectivity index (χ0n) is 15.5. The summed E-state index contributed by atoms with van der Waals surface area (Å²) in [6.45, 7) is 9.74. The fourth-order valence-corrected chi connectivity index (χ4v) is 3.10. The molecule has 0 saturated heterocycles. The Morgan fingerprint density at radius 3 is 3.00 bits per heavy atom. The van der Waals surface area contributed by atoms with Gasteiger partial charge in [0.1, 0.15) is 12.4 Å². The van der Waals surface area contributed by atoms with E-state index in [0.29, 0.717) is 6.61 Å². The van der Waals surface area contributed by atoms with Crippen molar-refractivity contribution in [3.63, 3.8) is 0 Å². The van der Waals surface area contributed by atoms with Gasteiger partial charge in [-0.25, -0.2) is 0 Å². The van der Waals surface area contributed by atoms with Crippen molar-refractivity contribution < 1.29 is 9.47 Å². The summed E-state index contributed by atoms with van der Waals surface area (Å²) in [5.74, 6) is 0.880. The van der Waals surface area contributed by atoms with E-state index in [1.807, 2.05) is 18.2 Å². The number of rotatable bonds is 10. The van der Waals surface area contributed by atoms with Crippen LogP contribution in [0.1, 0.15) is 33.1 Å². The third-order valence-corrected chi connectivity index (χ3v) is 4.42. The van der Waals surface area contributed by atoms with Gasteiger partial charge in [-0.15, -0.1) is 0 Å². The summed E-state index contributed by atoms with van der Waals surface area (Å²) in [5, 5.41) is 0. The largest absolute Gasteiger partial charge is 0.489 e. The number of hydrogen-bond acceptors (Lipinski definition) is 5. The molecular weight excluding hydrogens is 302 g/mol. The molecule has 0 radical (unpaired) electrons. The maximum Gasteiger partial charge on any atom is 0.144 e. The van der Waals surface area contributed by atoms with Crippen molar-refractivity contribution in [2.24, 2.45) is 0 Å². The lowest BCUT2D eigenvalue weighted by molar-refractivity contribution is 0.0469. The summed E-state index contributed by atoms with van der Waals surface area (Å²) in [4.78, 5) is 4.68. The van der Waals surface area contributed by atoms with E-state index in [4.69, 9.17) is 15.2 Å². The molecule has 136 valence electrons. The van der Waals surface area contributed by atoms with Crippen molar-refractivity contribution in [3.05, 3.63) is 18.2 Å². The summed E-state index contributed by atoms with van der Waals surface area (Å²) in [6.07, 6.45) is 4.10. The first-order valence-corrected chi connectivity index (χ1v) is 9.17. The second kappa shape index (κ2) is 9.74. The van der Waals surface area contributed by atoms with Crippen LogP contribution in [-0.4, -0.2) is 57.4 Å². The molecule has 5 heteroatoms. The normalized spacial score (nSPS) is 15.2. The van der Waals surface area contributed by atoms with E-state index < -0.39 is 0 Å². The number of anilines is 2. The van der Waals surface area contributed by atoms with E-state index in [2.05, 4.69) is 30.7 Å². The van der Waals surface area contributed by atoms with Gasteiger partial charge < -0.3 is 25.0 Å². The molecule has 1 heterocycles. The standard InChI is InChI=1S/C19H33N3O2/c1-4-5-6-9-21(3)15-16(2)23-12-10-22-11-13-24-19-14-17(20)7-8-18(19)22/h7-8,14,16H,4-6,9-13,15,20H2,1-3H3. The minimum absolute atomic E-state index is 0.253. The molecule has 1 unspecified atom stereocenters. The predicted octanol–water partition coefficient (Wildman–Crippen LogP) is 2.99. The molecular formula is C19H33N3O2. The lowest BCUT2D eigenvalue weighted by Crippen LogP contribution is -2.37. The number of hydrogen-bond donors (Lipinski definition) is 1. The fraction of sp³-hybridized carbons (Fsp3) is 0.684. The number of ether oxygens (including phenoxy) is 2. The van der Waals surface area contributed by atoms with Crippen LogP contribution in [0.15, 0.2) is 18.2 Å². The highest BCUT2D eigenvalue weighted by molar-refractivity contribution is 5.65. The highest BCUT2D eigenvalue weighted by Gasteiger charge is 2.18. The molecule has 2 rings (SSSR count). The maximum absolute atomic E-state index is 6.01. The smallest absolute Gasteiger partial charge is 0.144 e. The van der Waals surface area contributed by atoms with E-state index in [1.54, 1.807) is 0 Å². The topological polar surface area (TPSA) is 51.0 Å². The van der Waals surface area contributed by atoms with Crippen LogP contribution >= 0.6 is 0 Å². The number of nitrogens with zero attached hydrogens (tertiary/aromatic N) is 2. The van der Waals surface area contributed by atoms with E-state index in [-0.39, 0.29) is 6.10 Å². The molecule has 1 aliphatic rings. The van der Waals surface area contributed by atoms with Gasteiger partial charge in [0, 0.05) is 24.8 Å². The van der Waals surface area contributed by atoms with Crippen molar-refractivity contribution in [3.8, 4) is 5.75 Å². The number of nitrogens with two attached hydrogens (primary N) is 1. The van der Waals surface area contributed by atoms with Crippen LogP contribution in [0.25, 0.3) is 0 Å². The van der Waals surface area contributed by atoms with Crippen LogP contribution in [0.2, 0.25) is 0 Å². The SMILES string of the molecule is CCCCCN(C)CC(C)OCCN1CCOc2cc(N)ccc21. The van der Waals surface area contributed by atoms with Crippen LogP contribution in [0.5, 0.6) is 5.75 Å². The molecule has 24 heavy (non-hydrogen) atoms. The quantitative estimate of drug-likeness (QED) is 0.526. The second-order valence-electron chi connectivity index (χ2n) is 6.71. The second-order valence-corrected chi connectivity index (χ2v) is 6.71. The summed E-state index contributed by atoms with van der Waals surface area (Å²) >= 11 is 0. The van der Waals surface area contributed by atoms with E-state index in [0.717, 1.165) is 49.9 Å². The molecule has 0 amide bonds. The van der Waals surface area contributed by atoms with Crippen LogP contribution < -0.4 is 15.4 Å². The van der Waals surface area contributed by atoms with Crippen LogP contribution in [0, 0.1) is 0 Å². The molecule has 5 nitrogen and oxygen atoms in total. The average molecular weight is 335 g/mol. The summed E-state index contributed by atoms with van der Waals surface area (Å²) < 4.78 is 11.7. The van der Waals surface area contributed by atoms with Gasteiger partial charge >= 0.3 is 0 Å². The van der Waals surface area contributed by atoms with Crippen molar-refractivity contribution >= 4 is 11.4 Å². The summed E-state index contributed by atoms with van der Waals surface area (Å²) in [7, 11) is 2.18. The first kappa shape index (κ1) is 18.9. The van der Waals surface area contributed by atoms with Crippen molar-refractivity contribution in [1.82, 2.24) is 4.90 Å². The van der Waals surface area contributed by atoms with Gasteiger partial charge in [0.15, 0.2) is 0 Å². The molecule has 1 aromatic rings. The third kappa shape index (κ3) is 5.87. The zero-order chi connectivity index (χ0) is 17.4. The van der Waals surface area contributed by atoms with E-state index >= 15 is 0 Å². The zero-order valence-corrected chi connectivity index (χ0v) is 15.5. The molecule has 1 aliphatic heterocycles. The molecule has 0 aliphatic carbocycles.